The first-order valence-electron chi connectivity index (χ1n) is 9.26. The summed E-state index contributed by atoms with van der Waals surface area (Å²) in [5.41, 5.74) is 5.06. The third-order valence-electron chi connectivity index (χ3n) is 4.85. The van der Waals surface area contributed by atoms with Crippen molar-refractivity contribution in [2.45, 2.75) is 13.5 Å². The number of aryl methyl sites for hydroxylation is 1. The highest BCUT2D eigenvalue weighted by Gasteiger charge is 2.09. The van der Waals surface area contributed by atoms with Gasteiger partial charge in [-0.15, -0.1) is 0 Å². The van der Waals surface area contributed by atoms with E-state index in [0.29, 0.717) is 6.54 Å². The molecule has 0 fully saturated rings. The van der Waals surface area contributed by atoms with E-state index in [1.54, 1.807) is 12.7 Å². The fourth-order valence-corrected chi connectivity index (χ4v) is 3.02. The van der Waals surface area contributed by atoms with E-state index in [1.807, 2.05) is 53.9 Å². The molecule has 0 radical (unpaired) electrons. The molecule has 0 aliphatic heterocycles. The van der Waals surface area contributed by atoms with Crippen LogP contribution in [0.1, 0.15) is 12.6 Å². The molecule has 7 nitrogen and oxygen atoms in total. The number of anilines is 1. The Morgan fingerprint density at radius 1 is 1.04 bits per heavy atom. The van der Waals surface area contributed by atoms with Crippen molar-refractivity contribution in [1.29, 1.82) is 0 Å². The van der Waals surface area contributed by atoms with Gasteiger partial charge in [-0.1, -0.05) is 18.2 Å². The van der Waals surface area contributed by atoms with E-state index in [2.05, 4.69) is 45.0 Å². The first kappa shape index (κ1) is 17.9. The second-order valence-corrected chi connectivity index (χ2v) is 6.75. The van der Waals surface area contributed by atoms with Crippen LogP contribution in [0.15, 0.2) is 61.4 Å². The van der Waals surface area contributed by atoms with Gasteiger partial charge in [-0.25, -0.2) is 15.0 Å². The molecule has 28 heavy (non-hydrogen) atoms. The third-order valence-corrected chi connectivity index (χ3v) is 4.85. The Balaban J connectivity index is 1.60. The lowest BCUT2D eigenvalue weighted by molar-refractivity contribution is 0.650. The van der Waals surface area contributed by atoms with Gasteiger partial charge in [0.05, 0.1) is 36.2 Å². The van der Waals surface area contributed by atoms with Crippen LogP contribution in [-0.4, -0.2) is 42.9 Å². The minimum atomic E-state index is 0.689. The summed E-state index contributed by atoms with van der Waals surface area (Å²) in [7, 11) is 4.01. The van der Waals surface area contributed by atoms with Gasteiger partial charge in [0.2, 0.25) is 0 Å². The quantitative estimate of drug-likeness (QED) is 0.519. The molecule has 3 heterocycles. The molecule has 0 aliphatic rings. The molecule has 0 aliphatic carbocycles. The fourth-order valence-electron chi connectivity index (χ4n) is 3.02. The first-order chi connectivity index (χ1) is 13.6. The maximum atomic E-state index is 4.72. The highest BCUT2D eigenvalue weighted by atomic mass is 15.3. The van der Waals surface area contributed by atoms with Gasteiger partial charge in [0, 0.05) is 44.0 Å². The van der Waals surface area contributed by atoms with E-state index in [-0.39, 0.29) is 0 Å². The zero-order valence-electron chi connectivity index (χ0n) is 16.3. The van der Waals surface area contributed by atoms with Gasteiger partial charge in [0.1, 0.15) is 12.1 Å². The monoisotopic (exact) mass is 373 g/mol. The van der Waals surface area contributed by atoms with E-state index in [4.69, 9.17) is 5.10 Å². The van der Waals surface area contributed by atoms with Crippen molar-refractivity contribution in [2.75, 3.05) is 18.5 Å². The first-order valence-corrected chi connectivity index (χ1v) is 9.26. The minimum Gasteiger partial charge on any atom is -0.360 e. The fraction of sp³-hybridized carbons (Fsp3) is 0.238. The number of hydrogen-bond acceptors (Lipinski definition) is 5. The maximum absolute atomic E-state index is 4.72. The van der Waals surface area contributed by atoms with Gasteiger partial charge in [-0.05, 0) is 19.1 Å². The van der Waals surface area contributed by atoms with Gasteiger partial charge in [-0.2, -0.15) is 5.10 Å². The molecule has 0 atom stereocenters. The Hall–Kier alpha value is -3.48. The summed E-state index contributed by atoms with van der Waals surface area (Å²) in [4.78, 5) is 15.1. The minimum absolute atomic E-state index is 0.689. The van der Waals surface area contributed by atoms with Crippen molar-refractivity contribution < 1.29 is 0 Å². The average Bonchev–Trinajstić information content (AvgIpc) is 3.37. The van der Waals surface area contributed by atoms with Crippen LogP contribution in [0.3, 0.4) is 0 Å². The Labute approximate surface area is 164 Å². The largest absolute Gasteiger partial charge is 0.360 e. The molecule has 7 heteroatoms. The topological polar surface area (TPSA) is 64.7 Å². The zero-order chi connectivity index (χ0) is 19.5. The normalized spacial score (nSPS) is 11.0. The predicted octanol–water partition coefficient (Wildman–Crippen LogP) is 3.25. The molecule has 0 amide bonds. The van der Waals surface area contributed by atoms with Crippen LogP contribution in [0, 0.1) is 0 Å². The lowest BCUT2D eigenvalue weighted by atomic mass is 10.1. The molecule has 4 rings (SSSR count). The van der Waals surface area contributed by atoms with Crippen LogP contribution in [0.5, 0.6) is 0 Å². The summed E-state index contributed by atoms with van der Waals surface area (Å²) in [6.45, 7) is 3.68. The maximum Gasteiger partial charge on any atom is 0.132 e. The van der Waals surface area contributed by atoms with Crippen LogP contribution in [0.2, 0.25) is 0 Å². The molecule has 0 spiro atoms. The summed E-state index contributed by atoms with van der Waals surface area (Å²) < 4.78 is 3.93. The molecular formula is C21H23N7. The van der Waals surface area contributed by atoms with Crippen molar-refractivity contribution in [1.82, 2.24) is 29.3 Å². The summed E-state index contributed by atoms with van der Waals surface area (Å²) in [6.07, 6.45) is 7.28. The number of benzene rings is 1. The van der Waals surface area contributed by atoms with Crippen LogP contribution in [-0.2, 0) is 13.6 Å². The van der Waals surface area contributed by atoms with Gasteiger partial charge in [0.25, 0.3) is 0 Å². The number of rotatable bonds is 6. The molecule has 0 bridgehead atoms. The lowest BCUT2D eigenvalue weighted by Gasteiger charge is -2.15. The van der Waals surface area contributed by atoms with Crippen molar-refractivity contribution in [3.63, 3.8) is 0 Å². The lowest BCUT2D eigenvalue weighted by Crippen LogP contribution is -2.17. The number of hydrogen-bond donors (Lipinski definition) is 0. The van der Waals surface area contributed by atoms with Crippen LogP contribution in [0.4, 0.5) is 5.82 Å². The summed E-state index contributed by atoms with van der Waals surface area (Å²) >= 11 is 0. The zero-order valence-corrected chi connectivity index (χ0v) is 16.3. The smallest absolute Gasteiger partial charge is 0.132 e. The molecule has 1 aromatic carbocycles. The highest BCUT2D eigenvalue weighted by Crippen LogP contribution is 2.25. The molecule has 4 aromatic rings. The Morgan fingerprint density at radius 3 is 2.61 bits per heavy atom. The second-order valence-electron chi connectivity index (χ2n) is 6.75. The van der Waals surface area contributed by atoms with Gasteiger partial charge >= 0.3 is 0 Å². The van der Waals surface area contributed by atoms with E-state index in [0.717, 1.165) is 40.6 Å². The Morgan fingerprint density at radius 2 is 1.86 bits per heavy atom. The van der Waals surface area contributed by atoms with Crippen molar-refractivity contribution >= 4 is 5.82 Å². The average molecular weight is 373 g/mol. The summed E-state index contributed by atoms with van der Waals surface area (Å²) in [6, 6.07) is 12.3. The molecule has 142 valence electrons. The number of aromatic nitrogens is 6. The Bertz CT molecular complexity index is 1080. The van der Waals surface area contributed by atoms with E-state index in [1.165, 1.54) is 0 Å². The molecule has 0 unspecified atom stereocenters. The van der Waals surface area contributed by atoms with E-state index >= 15 is 0 Å². The van der Waals surface area contributed by atoms with Crippen LogP contribution in [0.25, 0.3) is 22.5 Å². The summed E-state index contributed by atoms with van der Waals surface area (Å²) in [5.74, 6) is 0.915. The number of nitrogens with zero attached hydrogens (tertiary/aromatic N) is 7. The highest BCUT2D eigenvalue weighted by molar-refractivity contribution is 5.70. The summed E-state index contributed by atoms with van der Waals surface area (Å²) in [5, 5.41) is 4.72. The third kappa shape index (κ3) is 3.64. The molecule has 0 saturated heterocycles. The Kier molecular flexibility index (Phi) is 4.89. The predicted molar refractivity (Wildman–Crippen MR) is 110 cm³/mol. The molecule has 0 N–H and O–H groups in total. The molecule has 0 saturated carbocycles. The molecule has 3 aromatic heterocycles. The number of imidazole rings is 1. The SMILES string of the molecule is CCN(C)c1cc(-c2cccc(-c3ccn(Cc4cncn4C)n3)c2)ncn1. The van der Waals surface area contributed by atoms with Gasteiger partial charge in [-0.3, -0.25) is 4.68 Å². The van der Waals surface area contributed by atoms with Crippen LogP contribution >= 0.6 is 0 Å². The molecular weight excluding hydrogens is 350 g/mol. The van der Waals surface area contributed by atoms with Crippen molar-refractivity contribution in [2.24, 2.45) is 7.05 Å². The van der Waals surface area contributed by atoms with Gasteiger partial charge < -0.3 is 9.47 Å². The van der Waals surface area contributed by atoms with E-state index in [9.17, 15) is 0 Å². The second kappa shape index (κ2) is 7.64. The van der Waals surface area contributed by atoms with Crippen LogP contribution < -0.4 is 4.90 Å². The van der Waals surface area contributed by atoms with Gasteiger partial charge in [0.15, 0.2) is 0 Å². The standard InChI is InChI=1S/C21H23N7/c1-4-26(2)21-11-20(23-14-24-21)17-7-5-6-16(10-17)19-8-9-28(25-19)13-18-12-22-15-27(18)3/h5-12,14-15H,4,13H2,1-3H3. The van der Waals surface area contributed by atoms with E-state index < -0.39 is 0 Å². The van der Waals surface area contributed by atoms with Crippen molar-refractivity contribution in [3.8, 4) is 22.5 Å². The van der Waals surface area contributed by atoms with Crippen molar-refractivity contribution in [3.05, 3.63) is 67.1 Å².